The molecule has 2 amide bonds. The van der Waals surface area contributed by atoms with Gasteiger partial charge in [-0.3, -0.25) is 10.00 Å². The van der Waals surface area contributed by atoms with Crippen molar-refractivity contribution in [3.05, 3.63) is 53.9 Å². The number of likely N-dealkylation sites (tertiary alicyclic amines) is 2. The first-order valence-electron chi connectivity index (χ1n) is 10.1. The third-order valence-corrected chi connectivity index (χ3v) is 5.91. The number of hydrogen-bond donors (Lipinski definition) is 2. The first-order valence-corrected chi connectivity index (χ1v) is 10.1. The number of amides is 2. The van der Waals surface area contributed by atoms with Crippen LogP contribution in [0.25, 0.3) is 0 Å². The molecular weight excluding hydrogens is 338 g/mol. The minimum Gasteiger partial charge on any atom is -0.335 e. The zero-order valence-corrected chi connectivity index (χ0v) is 15.8. The molecule has 0 saturated carbocycles. The summed E-state index contributed by atoms with van der Waals surface area (Å²) in [6, 6.07) is 13.1. The van der Waals surface area contributed by atoms with Crippen molar-refractivity contribution in [2.24, 2.45) is 0 Å². The van der Waals surface area contributed by atoms with Gasteiger partial charge in [-0.1, -0.05) is 30.3 Å². The second-order valence-corrected chi connectivity index (χ2v) is 7.76. The van der Waals surface area contributed by atoms with E-state index in [4.69, 9.17) is 0 Å². The zero-order chi connectivity index (χ0) is 18.5. The highest BCUT2D eigenvalue weighted by Gasteiger charge is 2.27. The van der Waals surface area contributed by atoms with E-state index in [-0.39, 0.29) is 6.03 Å². The van der Waals surface area contributed by atoms with Crippen LogP contribution in [-0.2, 0) is 6.54 Å². The minimum absolute atomic E-state index is 0.111. The molecule has 0 atom stereocenters. The van der Waals surface area contributed by atoms with Crippen LogP contribution in [0.5, 0.6) is 0 Å². The Labute approximate surface area is 160 Å². The molecule has 0 unspecified atom stereocenters. The lowest BCUT2D eigenvalue weighted by Crippen LogP contribution is -2.50. The number of piperidine rings is 2. The fourth-order valence-electron chi connectivity index (χ4n) is 4.23. The Morgan fingerprint density at radius 1 is 1.04 bits per heavy atom. The van der Waals surface area contributed by atoms with Crippen molar-refractivity contribution in [2.75, 3.05) is 26.2 Å². The summed E-state index contributed by atoms with van der Waals surface area (Å²) in [7, 11) is 0. The number of nitrogens with one attached hydrogen (secondary N) is 2. The van der Waals surface area contributed by atoms with Crippen LogP contribution in [0.2, 0.25) is 0 Å². The maximum atomic E-state index is 12.6. The molecule has 1 aromatic carbocycles. The average Bonchev–Trinajstić information content (AvgIpc) is 3.25. The number of benzene rings is 1. The number of hydrogen-bond acceptors (Lipinski definition) is 3. The molecule has 6 heteroatoms. The van der Waals surface area contributed by atoms with Gasteiger partial charge in [-0.15, -0.1) is 0 Å². The van der Waals surface area contributed by atoms with Crippen LogP contribution >= 0.6 is 0 Å². The molecule has 0 spiro atoms. The van der Waals surface area contributed by atoms with Gasteiger partial charge in [0.05, 0.1) is 0 Å². The molecule has 2 aliphatic heterocycles. The van der Waals surface area contributed by atoms with Crippen LogP contribution in [-0.4, -0.2) is 58.2 Å². The fraction of sp³-hybridized carbons (Fsp3) is 0.524. The van der Waals surface area contributed by atoms with Crippen LogP contribution in [0.4, 0.5) is 4.79 Å². The SMILES string of the molecule is O=C(NC1CCN(Cc2ccccc2)CC1)N1CCC(c2ccn[nH]2)CC1. The largest absolute Gasteiger partial charge is 0.335 e. The maximum absolute atomic E-state index is 12.6. The van der Waals surface area contributed by atoms with Gasteiger partial charge in [-0.2, -0.15) is 5.10 Å². The van der Waals surface area contributed by atoms with Gasteiger partial charge in [0.25, 0.3) is 0 Å². The molecule has 0 radical (unpaired) electrons. The van der Waals surface area contributed by atoms with E-state index in [9.17, 15) is 4.79 Å². The monoisotopic (exact) mass is 367 g/mol. The summed E-state index contributed by atoms with van der Waals surface area (Å²) in [6.07, 6.45) is 5.88. The van der Waals surface area contributed by atoms with Gasteiger partial charge in [-0.25, -0.2) is 4.79 Å². The molecular formula is C21H29N5O. The van der Waals surface area contributed by atoms with Crippen LogP contribution in [0.15, 0.2) is 42.6 Å². The van der Waals surface area contributed by atoms with Gasteiger partial charge in [0.1, 0.15) is 0 Å². The van der Waals surface area contributed by atoms with Crippen molar-refractivity contribution in [1.82, 2.24) is 25.3 Å². The maximum Gasteiger partial charge on any atom is 0.317 e. The normalized spacial score (nSPS) is 19.9. The summed E-state index contributed by atoms with van der Waals surface area (Å²) < 4.78 is 0. The molecule has 2 aliphatic rings. The van der Waals surface area contributed by atoms with E-state index < -0.39 is 0 Å². The molecule has 0 aliphatic carbocycles. The van der Waals surface area contributed by atoms with E-state index in [1.54, 1.807) is 6.20 Å². The molecule has 1 aromatic heterocycles. The number of urea groups is 1. The summed E-state index contributed by atoms with van der Waals surface area (Å²) in [5, 5.41) is 10.4. The van der Waals surface area contributed by atoms with Crippen molar-refractivity contribution in [1.29, 1.82) is 0 Å². The smallest absolute Gasteiger partial charge is 0.317 e. The van der Waals surface area contributed by atoms with Gasteiger partial charge in [-0.05, 0) is 37.3 Å². The predicted molar refractivity (Wildman–Crippen MR) is 105 cm³/mol. The second kappa shape index (κ2) is 8.57. The summed E-state index contributed by atoms with van der Waals surface area (Å²) in [6.45, 7) is 4.73. The average molecular weight is 367 g/mol. The number of carbonyl (C=O) groups is 1. The molecule has 3 heterocycles. The Balaban J connectivity index is 1.19. The first-order chi connectivity index (χ1) is 13.3. The molecule has 6 nitrogen and oxygen atoms in total. The molecule has 2 saturated heterocycles. The molecule has 0 bridgehead atoms. The van der Waals surface area contributed by atoms with Crippen molar-refractivity contribution < 1.29 is 4.79 Å². The quantitative estimate of drug-likeness (QED) is 0.873. The van der Waals surface area contributed by atoms with Gasteiger partial charge < -0.3 is 10.2 Å². The van der Waals surface area contributed by atoms with Gasteiger partial charge in [0.2, 0.25) is 0 Å². The third-order valence-electron chi connectivity index (χ3n) is 5.91. The summed E-state index contributed by atoms with van der Waals surface area (Å²) in [5.74, 6) is 0.498. The number of H-pyrrole nitrogens is 1. The molecule has 2 N–H and O–H groups in total. The van der Waals surface area contributed by atoms with Crippen LogP contribution in [0, 0.1) is 0 Å². The number of carbonyl (C=O) groups excluding carboxylic acids is 1. The van der Waals surface area contributed by atoms with Gasteiger partial charge in [0.15, 0.2) is 0 Å². The summed E-state index contributed by atoms with van der Waals surface area (Å²) in [4.78, 5) is 17.1. The van der Waals surface area contributed by atoms with E-state index in [1.165, 1.54) is 11.3 Å². The highest BCUT2D eigenvalue weighted by Crippen LogP contribution is 2.26. The molecule has 144 valence electrons. The van der Waals surface area contributed by atoms with Crippen molar-refractivity contribution in [3.8, 4) is 0 Å². The van der Waals surface area contributed by atoms with E-state index in [0.717, 1.165) is 58.4 Å². The lowest BCUT2D eigenvalue weighted by atomic mass is 9.94. The number of aromatic amines is 1. The van der Waals surface area contributed by atoms with Crippen LogP contribution in [0.1, 0.15) is 42.9 Å². The minimum atomic E-state index is 0.111. The van der Waals surface area contributed by atoms with E-state index >= 15 is 0 Å². The van der Waals surface area contributed by atoms with Crippen molar-refractivity contribution >= 4 is 6.03 Å². The Morgan fingerprint density at radius 2 is 1.78 bits per heavy atom. The molecule has 2 aromatic rings. The Bertz CT molecular complexity index is 701. The van der Waals surface area contributed by atoms with Crippen LogP contribution < -0.4 is 5.32 Å². The molecule has 27 heavy (non-hydrogen) atoms. The number of rotatable bonds is 4. The Kier molecular flexibility index (Phi) is 5.72. The van der Waals surface area contributed by atoms with E-state index in [0.29, 0.717) is 12.0 Å². The van der Waals surface area contributed by atoms with E-state index in [1.807, 2.05) is 11.0 Å². The third kappa shape index (κ3) is 4.69. The highest BCUT2D eigenvalue weighted by atomic mass is 16.2. The lowest BCUT2D eigenvalue weighted by Gasteiger charge is -2.35. The van der Waals surface area contributed by atoms with Crippen LogP contribution in [0.3, 0.4) is 0 Å². The Hall–Kier alpha value is -2.34. The molecule has 2 fully saturated rings. The highest BCUT2D eigenvalue weighted by molar-refractivity contribution is 5.74. The predicted octanol–water partition coefficient (Wildman–Crippen LogP) is 2.96. The zero-order valence-electron chi connectivity index (χ0n) is 15.8. The number of aromatic nitrogens is 2. The first kappa shape index (κ1) is 18.0. The fourth-order valence-corrected chi connectivity index (χ4v) is 4.23. The summed E-state index contributed by atoms with van der Waals surface area (Å²) in [5.41, 5.74) is 2.56. The topological polar surface area (TPSA) is 64.3 Å². The lowest BCUT2D eigenvalue weighted by molar-refractivity contribution is 0.159. The second-order valence-electron chi connectivity index (χ2n) is 7.76. The summed E-state index contributed by atoms with van der Waals surface area (Å²) >= 11 is 0. The Morgan fingerprint density at radius 3 is 2.44 bits per heavy atom. The standard InChI is InChI=1S/C21H29N5O/c27-21(26-14-7-18(8-15-26)20-6-11-22-24-20)23-19-9-12-25(13-10-19)16-17-4-2-1-3-5-17/h1-6,11,18-19H,7-10,12-16H2,(H,22,24)(H,23,27). The number of nitrogens with zero attached hydrogens (tertiary/aromatic N) is 3. The van der Waals surface area contributed by atoms with Gasteiger partial charge in [0, 0.05) is 56.6 Å². The van der Waals surface area contributed by atoms with Crippen molar-refractivity contribution in [2.45, 2.75) is 44.2 Å². The van der Waals surface area contributed by atoms with E-state index in [2.05, 4.69) is 50.7 Å². The van der Waals surface area contributed by atoms with Crippen molar-refractivity contribution in [3.63, 3.8) is 0 Å². The van der Waals surface area contributed by atoms with Gasteiger partial charge >= 0.3 is 6.03 Å². The molecule has 4 rings (SSSR count).